The predicted molar refractivity (Wildman–Crippen MR) is 97.6 cm³/mol. The van der Waals surface area contributed by atoms with Crippen molar-refractivity contribution in [3.63, 3.8) is 0 Å². The molecule has 0 fully saturated rings. The Morgan fingerprint density at radius 2 is 1.92 bits per heavy atom. The highest BCUT2D eigenvalue weighted by Gasteiger charge is 2.16. The second-order valence-corrected chi connectivity index (χ2v) is 6.28. The van der Waals surface area contributed by atoms with Crippen LogP contribution >= 0.6 is 0 Å². The second kappa shape index (κ2) is 6.51. The number of halogens is 1. The summed E-state index contributed by atoms with van der Waals surface area (Å²) in [5.41, 5.74) is 3.07. The first-order valence-corrected chi connectivity index (χ1v) is 8.03. The summed E-state index contributed by atoms with van der Waals surface area (Å²) in [6, 6.07) is 13.3. The van der Waals surface area contributed by atoms with Gasteiger partial charge in [0.05, 0.1) is 22.5 Å². The summed E-state index contributed by atoms with van der Waals surface area (Å²) in [7, 11) is 1.94. The highest BCUT2D eigenvalue weighted by Crippen LogP contribution is 2.33. The van der Waals surface area contributed by atoms with Gasteiger partial charge in [0, 0.05) is 24.0 Å². The molecule has 0 radical (unpaired) electrons. The first kappa shape index (κ1) is 16.9. The van der Waals surface area contributed by atoms with E-state index >= 15 is 0 Å². The average Bonchev–Trinajstić information content (AvgIpc) is 2.59. The number of benzene rings is 2. The van der Waals surface area contributed by atoms with Crippen LogP contribution in [-0.4, -0.2) is 29.1 Å². The van der Waals surface area contributed by atoms with Crippen LogP contribution < -0.4 is 4.90 Å². The fourth-order valence-electron chi connectivity index (χ4n) is 2.69. The minimum Gasteiger partial charge on any atom is -0.478 e. The molecule has 0 bridgehead atoms. The summed E-state index contributed by atoms with van der Waals surface area (Å²) in [5.74, 6) is -1.30. The first-order chi connectivity index (χ1) is 11.9. The molecule has 1 N–H and O–H groups in total. The van der Waals surface area contributed by atoms with Crippen molar-refractivity contribution in [1.82, 2.24) is 4.98 Å². The Bertz CT molecular complexity index is 954. The maximum atomic E-state index is 13.7. The van der Waals surface area contributed by atoms with Crippen molar-refractivity contribution in [2.24, 2.45) is 0 Å². The Kier molecular flexibility index (Phi) is 4.40. The minimum absolute atomic E-state index is 0.203. The van der Waals surface area contributed by atoms with Crippen LogP contribution in [0.1, 0.15) is 24.2 Å². The van der Waals surface area contributed by atoms with Crippen LogP contribution in [0.2, 0.25) is 0 Å². The average molecular weight is 338 g/mol. The first-order valence-electron chi connectivity index (χ1n) is 8.03. The number of carboxylic acid groups (broad SMARTS) is 1. The molecule has 0 aliphatic heterocycles. The summed E-state index contributed by atoms with van der Waals surface area (Å²) in [6.45, 7) is 4.10. The van der Waals surface area contributed by atoms with E-state index < -0.39 is 5.97 Å². The number of nitrogens with zero attached hydrogens (tertiary/aromatic N) is 2. The van der Waals surface area contributed by atoms with Crippen LogP contribution in [0.5, 0.6) is 0 Å². The van der Waals surface area contributed by atoms with Gasteiger partial charge in [0.15, 0.2) is 0 Å². The third kappa shape index (κ3) is 3.31. The molecule has 0 atom stereocenters. The van der Waals surface area contributed by atoms with Gasteiger partial charge < -0.3 is 10.0 Å². The Labute approximate surface area is 145 Å². The van der Waals surface area contributed by atoms with Gasteiger partial charge >= 0.3 is 5.97 Å². The van der Waals surface area contributed by atoms with Crippen LogP contribution in [0, 0.1) is 5.82 Å². The lowest BCUT2D eigenvalue weighted by atomic mass is 10.0. The van der Waals surface area contributed by atoms with Crippen molar-refractivity contribution in [2.75, 3.05) is 11.9 Å². The number of carbonyl (C=O) groups is 1. The van der Waals surface area contributed by atoms with Crippen LogP contribution in [0.4, 0.5) is 10.1 Å². The van der Waals surface area contributed by atoms with Crippen molar-refractivity contribution >= 4 is 22.6 Å². The van der Waals surface area contributed by atoms with E-state index in [-0.39, 0.29) is 17.4 Å². The number of pyridine rings is 1. The Hall–Kier alpha value is -2.95. The molecule has 0 amide bonds. The summed E-state index contributed by atoms with van der Waals surface area (Å²) in [4.78, 5) is 18.0. The molecule has 0 aliphatic rings. The molecule has 4 nitrogen and oxygen atoms in total. The molecule has 5 heteroatoms. The maximum absolute atomic E-state index is 13.7. The van der Waals surface area contributed by atoms with Gasteiger partial charge in [0.1, 0.15) is 5.82 Å². The van der Waals surface area contributed by atoms with Crippen molar-refractivity contribution in [1.29, 1.82) is 0 Å². The normalized spacial score (nSPS) is 11.1. The molecule has 1 aromatic heterocycles. The van der Waals surface area contributed by atoms with E-state index in [1.807, 2.05) is 37.9 Å². The molecular weight excluding hydrogens is 319 g/mol. The molecule has 128 valence electrons. The zero-order chi connectivity index (χ0) is 18.1. The van der Waals surface area contributed by atoms with Crippen LogP contribution in [0.15, 0.2) is 48.5 Å². The summed E-state index contributed by atoms with van der Waals surface area (Å²) in [6.07, 6.45) is 0. The van der Waals surface area contributed by atoms with Gasteiger partial charge in [-0.2, -0.15) is 0 Å². The molecule has 1 heterocycles. The fraction of sp³-hybridized carbons (Fsp3) is 0.200. The number of fused-ring (bicyclic) bond motifs is 1. The second-order valence-electron chi connectivity index (χ2n) is 6.28. The number of aromatic carboxylic acids is 1. The molecule has 0 saturated heterocycles. The summed E-state index contributed by atoms with van der Waals surface area (Å²) >= 11 is 0. The third-order valence-electron chi connectivity index (χ3n) is 4.29. The third-order valence-corrected chi connectivity index (χ3v) is 4.29. The molecule has 2 aromatic carbocycles. The lowest BCUT2D eigenvalue weighted by Crippen LogP contribution is -2.26. The van der Waals surface area contributed by atoms with Gasteiger partial charge in [-0.05, 0) is 50.2 Å². The predicted octanol–water partition coefficient (Wildman–Crippen LogP) is 4.58. The van der Waals surface area contributed by atoms with E-state index in [4.69, 9.17) is 0 Å². The zero-order valence-electron chi connectivity index (χ0n) is 14.3. The van der Waals surface area contributed by atoms with E-state index in [0.29, 0.717) is 16.8 Å². The van der Waals surface area contributed by atoms with Crippen LogP contribution in [0.25, 0.3) is 22.2 Å². The molecule has 3 rings (SSSR count). The number of hydrogen-bond donors (Lipinski definition) is 1. The molecule has 0 spiro atoms. The van der Waals surface area contributed by atoms with Gasteiger partial charge in [-0.25, -0.2) is 14.2 Å². The van der Waals surface area contributed by atoms with Gasteiger partial charge in [0.2, 0.25) is 0 Å². The van der Waals surface area contributed by atoms with E-state index in [9.17, 15) is 14.3 Å². The number of carboxylic acids is 1. The molecule has 3 aromatic rings. The number of rotatable bonds is 4. The molecular formula is C20H19FN2O2. The van der Waals surface area contributed by atoms with Crippen LogP contribution in [0.3, 0.4) is 0 Å². The maximum Gasteiger partial charge on any atom is 0.335 e. The van der Waals surface area contributed by atoms with Crippen molar-refractivity contribution in [3.05, 3.63) is 59.9 Å². The standard InChI is InChI=1S/C20H19FN2O2/c1-12(2)23(3)18-11-15-9-14(20(24)25)7-8-17(15)22-19(18)13-5-4-6-16(21)10-13/h4-12H,1-3H3,(H,24,25). The minimum atomic E-state index is -0.977. The Balaban J connectivity index is 2.28. The SMILES string of the molecule is CC(C)N(C)c1cc2cc(C(=O)O)ccc2nc1-c1cccc(F)c1. The largest absolute Gasteiger partial charge is 0.478 e. The lowest BCUT2D eigenvalue weighted by Gasteiger charge is -2.26. The smallest absolute Gasteiger partial charge is 0.335 e. The summed E-state index contributed by atoms with van der Waals surface area (Å²) < 4.78 is 13.7. The zero-order valence-corrected chi connectivity index (χ0v) is 14.3. The monoisotopic (exact) mass is 338 g/mol. The fourth-order valence-corrected chi connectivity index (χ4v) is 2.69. The lowest BCUT2D eigenvalue weighted by molar-refractivity contribution is 0.0697. The van der Waals surface area contributed by atoms with Gasteiger partial charge in [-0.3, -0.25) is 0 Å². The van der Waals surface area contributed by atoms with Crippen molar-refractivity contribution < 1.29 is 14.3 Å². The van der Waals surface area contributed by atoms with Gasteiger partial charge in [-0.1, -0.05) is 12.1 Å². The highest BCUT2D eigenvalue weighted by molar-refractivity contribution is 5.96. The quantitative estimate of drug-likeness (QED) is 0.756. The highest BCUT2D eigenvalue weighted by atomic mass is 19.1. The molecule has 0 saturated carbocycles. The molecule has 25 heavy (non-hydrogen) atoms. The van der Waals surface area contributed by atoms with Crippen molar-refractivity contribution in [3.8, 4) is 11.3 Å². The van der Waals surface area contributed by atoms with Gasteiger partial charge in [0.25, 0.3) is 0 Å². The van der Waals surface area contributed by atoms with E-state index in [0.717, 1.165) is 11.1 Å². The Morgan fingerprint density at radius 1 is 1.16 bits per heavy atom. The number of aromatic nitrogens is 1. The summed E-state index contributed by atoms with van der Waals surface area (Å²) in [5, 5.41) is 9.94. The topological polar surface area (TPSA) is 53.4 Å². The number of anilines is 1. The molecule has 0 aliphatic carbocycles. The van der Waals surface area contributed by atoms with E-state index in [1.54, 1.807) is 18.2 Å². The van der Waals surface area contributed by atoms with Crippen molar-refractivity contribution in [2.45, 2.75) is 19.9 Å². The number of hydrogen-bond acceptors (Lipinski definition) is 3. The Morgan fingerprint density at radius 3 is 2.56 bits per heavy atom. The van der Waals surface area contributed by atoms with Crippen LogP contribution in [-0.2, 0) is 0 Å². The molecule has 0 unspecified atom stereocenters. The van der Waals surface area contributed by atoms with Gasteiger partial charge in [-0.15, -0.1) is 0 Å². The van der Waals surface area contributed by atoms with E-state index in [2.05, 4.69) is 4.98 Å². The van der Waals surface area contributed by atoms with E-state index in [1.165, 1.54) is 18.2 Å².